The van der Waals surface area contributed by atoms with Crippen molar-refractivity contribution < 1.29 is 4.39 Å². The van der Waals surface area contributed by atoms with Gasteiger partial charge in [0, 0.05) is 12.1 Å². The van der Waals surface area contributed by atoms with E-state index < -0.39 is 0 Å². The lowest BCUT2D eigenvalue weighted by atomic mass is 10.1. The first-order valence-electron chi connectivity index (χ1n) is 5.85. The maximum atomic E-state index is 12.8. The summed E-state index contributed by atoms with van der Waals surface area (Å²) in [7, 11) is 0. The van der Waals surface area contributed by atoms with Crippen LogP contribution in [0.25, 0.3) is 0 Å². The molecule has 1 N–H and O–H groups in total. The molecule has 0 aliphatic carbocycles. The first-order valence-corrected chi connectivity index (χ1v) is 7.00. The number of thioether (sulfide) groups is 1. The van der Waals surface area contributed by atoms with Crippen LogP contribution in [-0.4, -0.2) is 17.5 Å². The summed E-state index contributed by atoms with van der Waals surface area (Å²) in [5, 5.41) is 3.62. The van der Waals surface area contributed by atoms with Crippen molar-refractivity contribution in [3.63, 3.8) is 0 Å². The highest BCUT2D eigenvalue weighted by molar-refractivity contribution is 7.99. The van der Waals surface area contributed by atoms with Crippen LogP contribution in [0.2, 0.25) is 0 Å². The SMILES string of the molecule is CC(NC1CCSCC1)c1ccc(F)cc1. The van der Waals surface area contributed by atoms with Gasteiger partial charge in [-0.2, -0.15) is 11.8 Å². The molecule has 0 aromatic heterocycles. The molecule has 3 heteroatoms. The van der Waals surface area contributed by atoms with Crippen molar-refractivity contribution in [1.82, 2.24) is 5.32 Å². The Bertz CT molecular complexity index is 319. The zero-order chi connectivity index (χ0) is 11.4. The van der Waals surface area contributed by atoms with E-state index >= 15 is 0 Å². The lowest BCUT2D eigenvalue weighted by molar-refractivity contribution is 0.431. The van der Waals surface area contributed by atoms with Gasteiger partial charge in [0.1, 0.15) is 5.82 Å². The summed E-state index contributed by atoms with van der Waals surface area (Å²) < 4.78 is 12.8. The molecule has 1 fully saturated rings. The third kappa shape index (κ3) is 3.22. The third-order valence-corrected chi connectivity index (χ3v) is 4.13. The van der Waals surface area contributed by atoms with Crippen LogP contribution in [0, 0.1) is 5.82 Å². The molecule has 2 rings (SSSR count). The van der Waals surface area contributed by atoms with Crippen LogP contribution in [0.3, 0.4) is 0 Å². The lowest BCUT2D eigenvalue weighted by Gasteiger charge is -2.26. The van der Waals surface area contributed by atoms with Crippen molar-refractivity contribution in [3.8, 4) is 0 Å². The predicted molar refractivity (Wildman–Crippen MR) is 68.3 cm³/mol. The Morgan fingerprint density at radius 1 is 1.25 bits per heavy atom. The fourth-order valence-corrected chi connectivity index (χ4v) is 3.17. The van der Waals surface area contributed by atoms with Crippen LogP contribution in [-0.2, 0) is 0 Å². The smallest absolute Gasteiger partial charge is 0.123 e. The van der Waals surface area contributed by atoms with Gasteiger partial charge in [-0.05, 0) is 49.0 Å². The van der Waals surface area contributed by atoms with Crippen LogP contribution < -0.4 is 5.32 Å². The molecular formula is C13H18FNS. The first-order chi connectivity index (χ1) is 7.75. The van der Waals surface area contributed by atoms with Crippen molar-refractivity contribution in [3.05, 3.63) is 35.6 Å². The predicted octanol–water partition coefficient (Wildman–Crippen LogP) is 3.37. The highest BCUT2D eigenvalue weighted by atomic mass is 32.2. The molecular weight excluding hydrogens is 221 g/mol. The highest BCUT2D eigenvalue weighted by Gasteiger charge is 2.16. The van der Waals surface area contributed by atoms with E-state index in [9.17, 15) is 4.39 Å². The van der Waals surface area contributed by atoms with Crippen molar-refractivity contribution >= 4 is 11.8 Å². The van der Waals surface area contributed by atoms with E-state index in [1.54, 1.807) is 0 Å². The van der Waals surface area contributed by atoms with Crippen LogP contribution in [0.4, 0.5) is 4.39 Å². The van der Waals surface area contributed by atoms with E-state index in [2.05, 4.69) is 12.2 Å². The highest BCUT2D eigenvalue weighted by Crippen LogP contribution is 2.20. The summed E-state index contributed by atoms with van der Waals surface area (Å²) in [5.74, 6) is 2.35. The Morgan fingerprint density at radius 3 is 2.50 bits per heavy atom. The number of rotatable bonds is 3. The Hall–Kier alpha value is -0.540. The van der Waals surface area contributed by atoms with Crippen LogP contribution >= 0.6 is 11.8 Å². The van der Waals surface area contributed by atoms with E-state index in [1.165, 1.54) is 42.0 Å². The number of halogens is 1. The molecule has 1 aliphatic heterocycles. The second-order valence-corrected chi connectivity index (χ2v) is 5.55. The summed E-state index contributed by atoms with van der Waals surface area (Å²) in [6.45, 7) is 2.15. The third-order valence-electron chi connectivity index (χ3n) is 3.08. The van der Waals surface area contributed by atoms with Crippen molar-refractivity contribution in [1.29, 1.82) is 0 Å². The zero-order valence-corrected chi connectivity index (χ0v) is 10.4. The molecule has 16 heavy (non-hydrogen) atoms. The van der Waals surface area contributed by atoms with Crippen molar-refractivity contribution in [2.75, 3.05) is 11.5 Å². The van der Waals surface area contributed by atoms with Crippen molar-refractivity contribution in [2.45, 2.75) is 31.8 Å². The van der Waals surface area contributed by atoms with E-state index in [0.717, 1.165) is 0 Å². The molecule has 1 unspecified atom stereocenters. The molecule has 1 heterocycles. The Balaban J connectivity index is 1.91. The Kier molecular flexibility index (Phi) is 4.24. The van der Waals surface area contributed by atoms with Crippen molar-refractivity contribution in [2.24, 2.45) is 0 Å². The average Bonchev–Trinajstić information content (AvgIpc) is 2.31. The lowest BCUT2D eigenvalue weighted by Crippen LogP contribution is -2.34. The normalized spacial score (nSPS) is 19.6. The molecule has 0 bridgehead atoms. The second-order valence-electron chi connectivity index (χ2n) is 4.33. The van der Waals surface area contributed by atoms with Crippen LogP contribution in [0.5, 0.6) is 0 Å². The molecule has 1 aromatic carbocycles. The maximum absolute atomic E-state index is 12.8. The molecule has 1 atom stereocenters. The molecule has 0 saturated carbocycles. The van der Waals surface area contributed by atoms with E-state index in [0.29, 0.717) is 12.1 Å². The number of hydrogen-bond donors (Lipinski definition) is 1. The van der Waals surface area contributed by atoms with Gasteiger partial charge >= 0.3 is 0 Å². The van der Waals surface area contributed by atoms with Gasteiger partial charge in [-0.3, -0.25) is 0 Å². The standard InChI is InChI=1S/C13H18FNS/c1-10(11-2-4-12(14)5-3-11)15-13-6-8-16-9-7-13/h2-5,10,13,15H,6-9H2,1H3. The minimum atomic E-state index is -0.162. The van der Waals surface area contributed by atoms with Gasteiger partial charge in [-0.25, -0.2) is 4.39 Å². The second kappa shape index (κ2) is 5.69. The van der Waals surface area contributed by atoms with Gasteiger partial charge in [0.05, 0.1) is 0 Å². The molecule has 0 spiro atoms. The van der Waals surface area contributed by atoms with Gasteiger partial charge in [-0.1, -0.05) is 12.1 Å². The van der Waals surface area contributed by atoms with Gasteiger partial charge in [-0.15, -0.1) is 0 Å². The quantitative estimate of drug-likeness (QED) is 0.868. The molecule has 1 aliphatic rings. The monoisotopic (exact) mass is 239 g/mol. The van der Waals surface area contributed by atoms with Gasteiger partial charge in [0.25, 0.3) is 0 Å². The minimum absolute atomic E-state index is 0.162. The molecule has 0 amide bonds. The largest absolute Gasteiger partial charge is 0.307 e. The zero-order valence-electron chi connectivity index (χ0n) is 9.58. The van der Waals surface area contributed by atoms with Gasteiger partial charge in [0.15, 0.2) is 0 Å². The molecule has 88 valence electrons. The fraction of sp³-hybridized carbons (Fsp3) is 0.538. The number of benzene rings is 1. The van der Waals surface area contributed by atoms with Gasteiger partial charge < -0.3 is 5.32 Å². The molecule has 0 radical (unpaired) electrons. The summed E-state index contributed by atoms with van der Waals surface area (Å²) in [5.41, 5.74) is 1.17. The summed E-state index contributed by atoms with van der Waals surface area (Å²) in [4.78, 5) is 0. The summed E-state index contributed by atoms with van der Waals surface area (Å²) in [6, 6.07) is 7.74. The van der Waals surface area contributed by atoms with Gasteiger partial charge in [0.2, 0.25) is 0 Å². The van der Waals surface area contributed by atoms with E-state index in [4.69, 9.17) is 0 Å². The Labute approximate surface area is 101 Å². The maximum Gasteiger partial charge on any atom is 0.123 e. The first kappa shape index (κ1) is 11.9. The average molecular weight is 239 g/mol. The van der Waals surface area contributed by atoms with E-state index in [-0.39, 0.29) is 5.82 Å². The number of nitrogens with one attached hydrogen (secondary N) is 1. The number of hydrogen-bond acceptors (Lipinski definition) is 2. The molecule has 1 aromatic rings. The van der Waals surface area contributed by atoms with Crippen LogP contribution in [0.15, 0.2) is 24.3 Å². The van der Waals surface area contributed by atoms with E-state index in [1.807, 2.05) is 23.9 Å². The fourth-order valence-electron chi connectivity index (χ4n) is 2.07. The van der Waals surface area contributed by atoms with Crippen LogP contribution in [0.1, 0.15) is 31.4 Å². The topological polar surface area (TPSA) is 12.0 Å². The summed E-state index contributed by atoms with van der Waals surface area (Å²) in [6.07, 6.45) is 2.49. The summed E-state index contributed by atoms with van der Waals surface area (Å²) >= 11 is 2.03. The molecule has 1 nitrogen and oxygen atoms in total. The Morgan fingerprint density at radius 2 is 1.88 bits per heavy atom. The minimum Gasteiger partial charge on any atom is -0.307 e. The molecule has 1 saturated heterocycles.